The van der Waals surface area contributed by atoms with Gasteiger partial charge in [0, 0.05) is 25.2 Å². The van der Waals surface area contributed by atoms with Gasteiger partial charge in [0.15, 0.2) is 0 Å². The molecule has 2 rings (SSSR count). The summed E-state index contributed by atoms with van der Waals surface area (Å²) in [4.78, 5) is 11.7. The van der Waals surface area contributed by atoms with Crippen LogP contribution in [0.5, 0.6) is 0 Å². The number of nitrogens with one attached hydrogen (secondary N) is 1. The highest BCUT2D eigenvalue weighted by molar-refractivity contribution is 7.09. The Morgan fingerprint density at radius 3 is 2.94 bits per heavy atom. The predicted molar refractivity (Wildman–Crippen MR) is 68.0 cm³/mol. The third kappa shape index (κ3) is 2.70. The fourth-order valence-corrected chi connectivity index (χ4v) is 1.90. The molecule has 0 saturated heterocycles. The highest BCUT2D eigenvalue weighted by atomic mass is 32.1. The van der Waals surface area contributed by atoms with Gasteiger partial charge in [0.1, 0.15) is 5.82 Å². The van der Waals surface area contributed by atoms with Crippen LogP contribution < -0.4 is 10.2 Å². The van der Waals surface area contributed by atoms with Crippen molar-refractivity contribution in [3.63, 3.8) is 0 Å². The molecule has 0 atom stereocenters. The lowest BCUT2D eigenvalue weighted by atomic mass is 10.4. The van der Waals surface area contributed by atoms with Crippen molar-refractivity contribution in [2.45, 2.75) is 6.54 Å². The van der Waals surface area contributed by atoms with Crippen LogP contribution in [0, 0.1) is 0 Å². The van der Waals surface area contributed by atoms with Gasteiger partial charge in [-0.15, -0.1) is 11.3 Å². The van der Waals surface area contributed by atoms with Gasteiger partial charge in [0.2, 0.25) is 5.95 Å². The van der Waals surface area contributed by atoms with Gasteiger partial charge in [-0.3, -0.25) is 0 Å². The quantitative estimate of drug-likeness (QED) is 0.880. The van der Waals surface area contributed by atoms with Gasteiger partial charge < -0.3 is 10.2 Å². The van der Waals surface area contributed by atoms with Crippen LogP contribution in [0.2, 0.25) is 0 Å². The van der Waals surface area contributed by atoms with E-state index in [1.165, 1.54) is 4.88 Å². The molecule has 2 heterocycles. The normalized spacial score (nSPS) is 10.1. The number of anilines is 2. The van der Waals surface area contributed by atoms with E-state index in [2.05, 4.69) is 26.7 Å². The number of nitrogens with zero attached hydrogens (tertiary/aromatic N) is 3. The lowest BCUT2D eigenvalue weighted by Crippen LogP contribution is -2.13. The minimum absolute atomic E-state index is 0.719. The molecule has 0 aliphatic heterocycles. The Labute approximate surface area is 99.0 Å². The Kier molecular flexibility index (Phi) is 3.36. The second-order valence-electron chi connectivity index (χ2n) is 3.57. The van der Waals surface area contributed by atoms with Gasteiger partial charge in [-0.1, -0.05) is 6.07 Å². The first-order chi connectivity index (χ1) is 7.75. The molecule has 0 unspecified atom stereocenters. The maximum absolute atomic E-state index is 4.38. The minimum Gasteiger partial charge on any atom is -0.365 e. The van der Waals surface area contributed by atoms with Gasteiger partial charge in [0.05, 0.1) is 6.54 Å². The molecule has 0 spiro atoms. The highest BCUT2D eigenvalue weighted by Gasteiger charge is 2.00. The molecule has 0 aliphatic rings. The molecule has 16 heavy (non-hydrogen) atoms. The predicted octanol–water partition coefficient (Wildman–Crippen LogP) is 2.22. The Morgan fingerprint density at radius 2 is 2.25 bits per heavy atom. The number of rotatable bonds is 4. The Hall–Kier alpha value is -1.62. The molecule has 0 aromatic carbocycles. The molecule has 0 aliphatic carbocycles. The molecule has 0 radical (unpaired) electrons. The summed E-state index contributed by atoms with van der Waals surface area (Å²) in [7, 11) is 3.86. The first-order valence-electron chi connectivity index (χ1n) is 5.02. The number of thiophene rings is 1. The van der Waals surface area contributed by atoms with Crippen molar-refractivity contribution in [1.82, 2.24) is 9.97 Å². The van der Waals surface area contributed by atoms with Crippen molar-refractivity contribution in [3.8, 4) is 0 Å². The van der Waals surface area contributed by atoms with E-state index < -0.39 is 0 Å². The number of aromatic nitrogens is 2. The molecular formula is C11H14N4S. The largest absolute Gasteiger partial charge is 0.365 e. The number of hydrogen-bond donors (Lipinski definition) is 1. The van der Waals surface area contributed by atoms with Gasteiger partial charge in [-0.2, -0.15) is 4.98 Å². The molecule has 0 amide bonds. The van der Waals surface area contributed by atoms with Gasteiger partial charge in [-0.25, -0.2) is 4.98 Å². The van der Waals surface area contributed by atoms with Gasteiger partial charge in [-0.05, 0) is 17.5 Å². The third-order valence-electron chi connectivity index (χ3n) is 2.07. The summed E-state index contributed by atoms with van der Waals surface area (Å²) in [6, 6.07) is 6.03. The van der Waals surface area contributed by atoms with E-state index in [0.29, 0.717) is 0 Å². The first-order valence-corrected chi connectivity index (χ1v) is 5.90. The van der Waals surface area contributed by atoms with Crippen molar-refractivity contribution >= 4 is 23.1 Å². The van der Waals surface area contributed by atoms with Crippen LogP contribution in [0.3, 0.4) is 0 Å². The van der Waals surface area contributed by atoms with E-state index in [9.17, 15) is 0 Å². The summed E-state index contributed by atoms with van der Waals surface area (Å²) in [5, 5.41) is 5.35. The lowest BCUT2D eigenvalue weighted by molar-refractivity contribution is 0.990. The lowest BCUT2D eigenvalue weighted by Gasteiger charge is -2.11. The maximum atomic E-state index is 4.38. The van der Waals surface area contributed by atoms with Crippen LogP contribution in [-0.2, 0) is 6.54 Å². The summed E-state index contributed by atoms with van der Waals surface area (Å²) < 4.78 is 0. The van der Waals surface area contributed by atoms with Crippen molar-refractivity contribution in [2.24, 2.45) is 0 Å². The Morgan fingerprint density at radius 1 is 1.38 bits per heavy atom. The molecule has 84 valence electrons. The molecule has 5 heteroatoms. The fourth-order valence-electron chi connectivity index (χ4n) is 1.25. The van der Waals surface area contributed by atoms with Crippen molar-refractivity contribution in [3.05, 3.63) is 34.7 Å². The summed E-state index contributed by atoms with van der Waals surface area (Å²) in [6.45, 7) is 0.807. The summed E-state index contributed by atoms with van der Waals surface area (Å²) >= 11 is 1.74. The molecule has 2 aromatic rings. The van der Waals surface area contributed by atoms with Crippen molar-refractivity contribution in [1.29, 1.82) is 0 Å². The van der Waals surface area contributed by atoms with Crippen LogP contribution in [0.15, 0.2) is 29.8 Å². The standard InChI is InChI=1S/C11H14N4S/c1-15(2)11-12-6-5-10(14-11)13-8-9-4-3-7-16-9/h3-7H,8H2,1-2H3,(H,12,13,14). The van der Waals surface area contributed by atoms with Crippen LogP contribution in [0.1, 0.15) is 4.88 Å². The molecule has 0 bridgehead atoms. The summed E-state index contributed by atoms with van der Waals surface area (Å²) in [5.74, 6) is 1.57. The van der Waals surface area contributed by atoms with Crippen LogP contribution in [0.4, 0.5) is 11.8 Å². The van der Waals surface area contributed by atoms with Crippen molar-refractivity contribution < 1.29 is 0 Å². The average molecular weight is 234 g/mol. The van der Waals surface area contributed by atoms with E-state index in [1.807, 2.05) is 31.1 Å². The average Bonchev–Trinajstić information content (AvgIpc) is 2.79. The Balaban J connectivity index is 2.01. The van der Waals surface area contributed by atoms with Gasteiger partial charge >= 0.3 is 0 Å². The summed E-state index contributed by atoms with van der Waals surface area (Å²) in [6.07, 6.45) is 1.76. The molecule has 2 aromatic heterocycles. The molecule has 1 N–H and O–H groups in total. The highest BCUT2D eigenvalue weighted by Crippen LogP contribution is 2.12. The van der Waals surface area contributed by atoms with Crippen LogP contribution in [-0.4, -0.2) is 24.1 Å². The fraction of sp³-hybridized carbons (Fsp3) is 0.273. The van der Waals surface area contributed by atoms with E-state index in [4.69, 9.17) is 0 Å². The summed E-state index contributed by atoms with van der Waals surface area (Å²) in [5.41, 5.74) is 0. The van der Waals surface area contributed by atoms with E-state index in [1.54, 1.807) is 17.5 Å². The SMILES string of the molecule is CN(C)c1nccc(NCc2cccs2)n1. The molecule has 0 saturated carbocycles. The zero-order valence-corrected chi connectivity index (χ0v) is 10.2. The van der Waals surface area contributed by atoms with Crippen LogP contribution in [0.25, 0.3) is 0 Å². The topological polar surface area (TPSA) is 41.1 Å². The van der Waals surface area contributed by atoms with E-state index in [-0.39, 0.29) is 0 Å². The van der Waals surface area contributed by atoms with Crippen LogP contribution >= 0.6 is 11.3 Å². The number of hydrogen-bond acceptors (Lipinski definition) is 5. The second-order valence-corrected chi connectivity index (χ2v) is 4.60. The first kappa shape index (κ1) is 10.9. The monoisotopic (exact) mass is 234 g/mol. The smallest absolute Gasteiger partial charge is 0.226 e. The van der Waals surface area contributed by atoms with Crippen molar-refractivity contribution in [2.75, 3.05) is 24.3 Å². The minimum atomic E-state index is 0.719. The van der Waals surface area contributed by atoms with E-state index >= 15 is 0 Å². The van der Waals surface area contributed by atoms with Gasteiger partial charge in [0.25, 0.3) is 0 Å². The molecular weight excluding hydrogens is 220 g/mol. The zero-order valence-electron chi connectivity index (χ0n) is 9.34. The molecule has 4 nitrogen and oxygen atoms in total. The Bertz CT molecular complexity index is 439. The van der Waals surface area contributed by atoms with E-state index in [0.717, 1.165) is 18.3 Å². The maximum Gasteiger partial charge on any atom is 0.226 e. The molecule has 0 fully saturated rings. The zero-order chi connectivity index (χ0) is 11.4. The third-order valence-corrected chi connectivity index (χ3v) is 2.94. The second kappa shape index (κ2) is 4.94.